The van der Waals surface area contributed by atoms with Crippen LogP contribution in [0.5, 0.6) is 0 Å². The van der Waals surface area contributed by atoms with Gasteiger partial charge in [0.05, 0.1) is 26.7 Å². The summed E-state index contributed by atoms with van der Waals surface area (Å²) in [5.74, 6) is 0.286. The Labute approximate surface area is 176 Å². The summed E-state index contributed by atoms with van der Waals surface area (Å²) in [5.41, 5.74) is 1.63. The largest absolute Gasteiger partial charge is 0.342 e. The van der Waals surface area contributed by atoms with Crippen LogP contribution in [0.3, 0.4) is 0 Å². The van der Waals surface area contributed by atoms with Crippen molar-refractivity contribution in [3.05, 3.63) is 71.8 Å². The Morgan fingerprint density at radius 2 is 1.34 bits per heavy atom. The van der Waals surface area contributed by atoms with Crippen LogP contribution < -0.4 is 0 Å². The molecule has 3 nitrogen and oxygen atoms in total. The van der Waals surface area contributed by atoms with Crippen LogP contribution in [0.1, 0.15) is 50.7 Å². The fraction of sp³-hybridized carbons (Fsp3) is 0.500. The number of likely N-dealkylation sites (tertiary alicyclic amines) is 1. The summed E-state index contributed by atoms with van der Waals surface area (Å²) in [6, 6.07) is 21.0. The Morgan fingerprint density at radius 3 is 1.79 bits per heavy atom. The van der Waals surface area contributed by atoms with E-state index in [4.69, 9.17) is 0 Å². The van der Waals surface area contributed by atoms with Gasteiger partial charge in [-0.15, -0.1) is 0 Å². The number of hydrogen-bond acceptors (Lipinski definition) is 1. The van der Waals surface area contributed by atoms with Gasteiger partial charge in [0.25, 0.3) is 0 Å². The molecule has 1 fully saturated rings. The maximum atomic E-state index is 14.2. The SMILES string of the molecule is CC[N+](C)(CC)CCC(C(=O)N1CCCCC1)(c1ccccc1)c1ccccc1. The van der Waals surface area contributed by atoms with Gasteiger partial charge >= 0.3 is 0 Å². The van der Waals surface area contributed by atoms with Crippen molar-refractivity contribution in [2.24, 2.45) is 0 Å². The van der Waals surface area contributed by atoms with Crippen molar-refractivity contribution in [2.75, 3.05) is 39.8 Å². The van der Waals surface area contributed by atoms with E-state index in [0.717, 1.165) is 67.6 Å². The van der Waals surface area contributed by atoms with E-state index < -0.39 is 5.41 Å². The molecular formula is C26H37N2O+. The smallest absolute Gasteiger partial charge is 0.237 e. The molecule has 0 N–H and O–H groups in total. The fourth-order valence-electron chi connectivity index (χ4n) is 4.60. The maximum absolute atomic E-state index is 14.2. The van der Waals surface area contributed by atoms with Crippen LogP contribution in [0.2, 0.25) is 0 Å². The summed E-state index contributed by atoms with van der Waals surface area (Å²) < 4.78 is 0.981. The van der Waals surface area contributed by atoms with Gasteiger partial charge in [-0.05, 0) is 44.2 Å². The second-order valence-electron chi connectivity index (χ2n) is 8.72. The van der Waals surface area contributed by atoms with Crippen molar-refractivity contribution in [3.8, 4) is 0 Å². The highest BCUT2D eigenvalue weighted by molar-refractivity contribution is 5.92. The summed E-state index contributed by atoms with van der Waals surface area (Å²) in [6.07, 6.45) is 4.29. The minimum absolute atomic E-state index is 0.286. The van der Waals surface area contributed by atoms with E-state index in [0.29, 0.717) is 0 Å². The Bertz CT molecular complexity index is 722. The zero-order chi connectivity index (χ0) is 20.7. The first-order valence-corrected chi connectivity index (χ1v) is 11.3. The predicted molar refractivity (Wildman–Crippen MR) is 121 cm³/mol. The molecular weight excluding hydrogens is 356 g/mol. The molecule has 0 atom stereocenters. The van der Waals surface area contributed by atoms with Crippen LogP contribution in [-0.2, 0) is 10.2 Å². The summed E-state index contributed by atoms with van der Waals surface area (Å²) in [5, 5.41) is 0. The molecule has 0 unspecified atom stereocenters. The molecule has 0 spiro atoms. The molecule has 2 aromatic carbocycles. The standard InChI is InChI=1S/C26H37N2O/c1-4-28(3,5-2)22-19-26(23-15-9-6-10-16-23,24-17-11-7-12-18-24)25(29)27-20-13-8-14-21-27/h6-7,9-12,15-18H,4-5,8,13-14,19-22H2,1-3H3/q+1. The molecule has 1 heterocycles. The van der Waals surface area contributed by atoms with E-state index in [2.05, 4.69) is 74.3 Å². The zero-order valence-corrected chi connectivity index (χ0v) is 18.4. The van der Waals surface area contributed by atoms with Gasteiger partial charge in [0, 0.05) is 19.5 Å². The van der Waals surface area contributed by atoms with Crippen molar-refractivity contribution in [1.29, 1.82) is 0 Å². The first-order chi connectivity index (χ1) is 14.1. The maximum Gasteiger partial charge on any atom is 0.237 e. The minimum atomic E-state index is -0.621. The number of hydrogen-bond donors (Lipinski definition) is 0. The molecule has 0 saturated carbocycles. The lowest BCUT2D eigenvalue weighted by Gasteiger charge is -2.42. The molecule has 0 bridgehead atoms. The molecule has 29 heavy (non-hydrogen) atoms. The second kappa shape index (κ2) is 9.58. The molecule has 156 valence electrons. The molecule has 3 rings (SSSR count). The van der Waals surface area contributed by atoms with Crippen LogP contribution in [0.4, 0.5) is 0 Å². The van der Waals surface area contributed by atoms with Crippen LogP contribution in [0.25, 0.3) is 0 Å². The molecule has 3 heteroatoms. The molecule has 1 amide bonds. The Hall–Kier alpha value is -2.13. The first-order valence-electron chi connectivity index (χ1n) is 11.3. The van der Waals surface area contributed by atoms with Gasteiger partial charge in [-0.2, -0.15) is 0 Å². The lowest BCUT2D eigenvalue weighted by molar-refractivity contribution is -0.906. The van der Waals surface area contributed by atoms with E-state index in [-0.39, 0.29) is 5.91 Å². The summed E-state index contributed by atoms with van der Waals surface area (Å²) in [7, 11) is 2.31. The van der Waals surface area contributed by atoms with Gasteiger partial charge in [-0.1, -0.05) is 60.7 Å². The van der Waals surface area contributed by atoms with Gasteiger partial charge in [0.1, 0.15) is 5.41 Å². The molecule has 0 radical (unpaired) electrons. The van der Waals surface area contributed by atoms with Gasteiger partial charge in [-0.3, -0.25) is 4.79 Å². The Balaban J connectivity index is 2.12. The third-order valence-electron chi connectivity index (χ3n) is 7.10. The fourth-order valence-corrected chi connectivity index (χ4v) is 4.60. The molecule has 0 aliphatic carbocycles. The van der Waals surface area contributed by atoms with Crippen LogP contribution in [0, 0.1) is 0 Å². The summed E-state index contributed by atoms with van der Waals surface area (Å²) >= 11 is 0. The molecule has 1 saturated heterocycles. The van der Waals surface area contributed by atoms with E-state index in [9.17, 15) is 4.79 Å². The topological polar surface area (TPSA) is 20.3 Å². The lowest BCUT2D eigenvalue weighted by Crippen LogP contribution is -2.53. The van der Waals surface area contributed by atoms with Crippen molar-refractivity contribution >= 4 is 5.91 Å². The number of piperidine rings is 1. The van der Waals surface area contributed by atoms with Crippen molar-refractivity contribution in [2.45, 2.75) is 44.9 Å². The number of nitrogens with zero attached hydrogens (tertiary/aromatic N) is 2. The van der Waals surface area contributed by atoms with Gasteiger partial charge < -0.3 is 9.38 Å². The van der Waals surface area contributed by atoms with E-state index >= 15 is 0 Å². The molecule has 1 aliphatic heterocycles. The van der Waals surface area contributed by atoms with E-state index in [1.807, 2.05) is 12.1 Å². The van der Waals surface area contributed by atoms with Gasteiger partial charge in [0.2, 0.25) is 5.91 Å². The van der Waals surface area contributed by atoms with E-state index in [1.54, 1.807) is 0 Å². The van der Waals surface area contributed by atoms with Crippen molar-refractivity contribution < 1.29 is 9.28 Å². The number of rotatable bonds is 8. The van der Waals surface area contributed by atoms with Crippen LogP contribution in [-0.4, -0.2) is 55.1 Å². The quantitative estimate of drug-likeness (QED) is 0.587. The highest BCUT2D eigenvalue weighted by Gasteiger charge is 2.45. The molecule has 2 aromatic rings. The summed E-state index contributed by atoms with van der Waals surface area (Å²) in [4.78, 5) is 16.4. The third-order valence-corrected chi connectivity index (χ3v) is 7.10. The second-order valence-corrected chi connectivity index (χ2v) is 8.72. The minimum Gasteiger partial charge on any atom is -0.342 e. The summed E-state index contributed by atoms with van der Waals surface area (Å²) in [6.45, 7) is 9.41. The van der Waals surface area contributed by atoms with Crippen LogP contribution in [0.15, 0.2) is 60.7 Å². The average Bonchev–Trinajstić information content (AvgIpc) is 2.81. The van der Waals surface area contributed by atoms with Gasteiger partial charge in [0.15, 0.2) is 0 Å². The monoisotopic (exact) mass is 393 g/mol. The number of benzene rings is 2. The zero-order valence-electron chi connectivity index (χ0n) is 18.4. The number of carbonyl (C=O) groups excluding carboxylic acids is 1. The van der Waals surface area contributed by atoms with Crippen LogP contribution >= 0.6 is 0 Å². The predicted octanol–water partition coefficient (Wildman–Crippen LogP) is 4.86. The Morgan fingerprint density at radius 1 is 0.862 bits per heavy atom. The van der Waals surface area contributed by atoms with Crippen molar-refractivity contribution in [1.82, 2.24) is 4.90 Å². The third kappa shape index (κ3) is 4.56. The first kappa shape index (κ1) is 21.6. The number of carbonyl (C=O) groups is 1. The lowest BCUT2D eigenvalue weighted by atomic mass is 9.70. The van der Waals surface area contributed by atoms with E-state index in [1.165, 1.54) is 6.42 Å². The average molecular weight is 394 g/mol. The molecule has 1 aliphatic rings. The highest BCUT2D eigenvalue weighted by Crippen LogP contribution is 2.39. The number of quaternary nitrogens is 1. The van der Waals surface area contributed by atoms with Crippen molar-refractivity contribution in [3.63, 3.8) is 0 Å². The molecule has 0 aromatic heterocycles. The normalized spacial score (nSPS) is 15.3. The van der Waals surface area contributed by atoms with Gasteiger partial charge in [-0.25, -0.2) is 0 Å². The number of amides is 1. The highest BCUT2D eigenvalue weighted by atomic mass is 16.2. The Kier molecular flexibility index (Phi) is 7.13.